The Balaban J connectivity index is 1.69. The van der Waals surface area contributed by atoms with Gasteiger partial charge in [0.1, 0.15) is 5.82 Å². The maximum absolute atomic E-state index is 14.6. The molecular weight excluding hydrogens is 391 g/mol. The van der Waals surface area contributed by atoms with E-state index in [0.29, 0.717) is 11.4 Å². The van der Waals surface area contributed by atoms with Gasteiger partial charge in [0.25, 0.3) is 6.02 Å². The Morgan fingerprint density at radius 1 is 1.32 bits per heavy atom. The molecule has 0 radical (unpaired) electrons. The SMILES string of the molecule is C[C@]1(c2cc(CC3CCc4cc(Cl)cnc43)ccc2F)N=C(N)OCC1(F)F. The lowest BCUT2D eigenvalue weighted by Gasteiger charge is -2.37. The Hall–Kier alpha value is -2.28. The van der Waals surface area contributed by atoms with E-state index >= 15 is 0 Å². The van der Waals surface area contributed by atoms with Gasteiger partial charge in [0.2, 0.25) is 0 Å². The van der Waals surface area contributed by atoms with Gasteiger partial charge >= 0.3 is 5.92 Å². The quantitative estimate of drug-likeness (QED) is 0.820. The zero-order valence-electron chi connectivity index (χ0n) is 15.2. The number of pyridine rings is 1. The molecule has 2 N–H and O–H groups in total. The van der Waals surface area contributed by atoms with Gasteiger partial charge in [0, 0.05) is 23.4 Å². The number of halogens is 4. The zero-order valence-corrected chi connectivity index (χ0v) is 15.9. The largest absolute Gasteiger partial charge is 0.459 e. The van der Waals surface area contributed by atoms with Gasteiger partial charge in [-0.05, 0) is 49.4 Å². The molecule has 0 saturated heterocycles. The molecule has 1 aliphatic carbocycles. The van der Waals surface area contributed by atoms with Crippen molar-refractivity contribution in [2.45, 2.75) is 43.6 Å². The lowest BCUT2D eigenvalue weighted by Crippen LogP contribution is -2.51. The molecule has 2 aliphatic rings. The van der Waals surface area contributed by atoms with Gasteiger partial charge in [-0.25, -0.2) is 9.38 Å². The highest BCUT2D eigenvalue weighted by Crippen LogP contribution is 2.45. The highest BCUT2D eigenvalue weighted by atomic mass is 35.5. The van der Waals surface area contributed by atoms with Gasteiger partial charge in [-0.2, -0.15) is 8.78 Å². The number of amidine groups is 1. The van der Waals surface area contributed by atoms with E-state index < -0.39 is 23.9 Å². The predicted molar refractivity (Wildman–Crippen MR) is 100 cm³/mol. The Bertz CT molecular complexity index is 966. The van der Waals surface area contributed by atoms with Crippen LogP contribution in [0.4, 0.5) is 13.2 Å². The lowest BCUT2D eigenvalue weighted by molar-refractivity contribution is -0.117. The number of benzene rings is 1. The summed E-state index contributed by atoms with van der Waals surface area (Å²) >= 11 is 6.00. The molecule has 4 rings (SSSR count). The number of aromatic nitrogens is 1. The summed E-state index contributed by atoms with van der Waals surface area (Å²) in [4.78, 5) is 8.20. The minimum atomic E-state index is -3.40. The highest BCUT2D eigenvalue weighted by Gasteiger charge is 2.56. The summed E-state index contributed by atoms with van der Waals surface area (Å²) in [7, 11) is 0. The van der Waals surface area contributed by atoms with Crippen LogP contribution >= 0.6 is 11.6 Å². The normalized spacial score (nSPS) is 25.8. The molecule has 4 nitrogen and oxygen atoms in total. The number of alkyl halides is 2. The number of nitrogens with zero attached hydrogens (tertiary/aromatic N) is 2. The Morgan fingerprint density at radius 3 is 2.89 bits per heavy atom. The maximum atomic E-state index is 14.6. The van der Waals surface area contributed by atoms with Crippen molar-refractivity contribution in [2.24, 2.45) is 10.7 Å². The number of rotatable bonds is 3. The van der Waals surface area contributed by atoms with E-state index in [1.54, 1.807) is 12.3 Å². The van der Waals surface area contributed by atoms with E-state index in [2.05, 4.69) is 14.7 Å². The fourth-order valence-corrected chi connectivity index (χ4v) is 4.16. The van der Waals surface area contributed by atoms with Crippen LogP contribution in [-0.4, -0.2) is 23.5 Å². The van der Waals surface area contributed by atoms with Crippen molar-refractivity contribution >= 4 is 17.6 Å². The summed E-state index contributed by atoms with van der Waals surface area (Å²) in [6, 6.07) is 5.81. The third-order valence-electron chi connectivity index (χ3n) is 5.60. The third kappa shape index (κ3) is 3.11. The average molecular weight is 410 g/mol. The molecule has 2 heterocycles. The van der Waals surface area contributed by atoms with Crippen molar-refractivity contribution < 1.29 is 17.9 Å². The van der Waals surface area contributed by atoms with E-state index in [-0.39, 0.29) is 17.5 Å². The Kier molecular flexibility index (Phi) is 4.53. The van der Waals surface area contributed by atoms with Crippen LogP contribution in [0.15, 0.2) is 35.5 Å². The van der Waals surface area contributed by atoms with Crippen molar-refractivity contribution in [1.82, 2.24) is 4.98 Å². The molecule has 1 aliphatic heterocycles. The van der Waals surface area contributed by atoms with Crippen LogP contribution in [0.1, 0.15) is 41.6 Å². The van der Waals surface area contributed by atoms with Crippen LogP contribution in [-0.2, 0) is 23.1 Å². The second-order valence-corrected chi connectivity index (χ2v) is 7.90. The maximum Gasteiger partial charge on any atom is 0.310 e. The fraction of sp³-hybridized carbons (Fsp3) is 0.400. The standard InChI is InChI=1S/C20H19ClF3N3O/c1-19(20(23,24)10-28-18(25)27-19)15-7-11(2-5-16(15)22)6-12-3-4-13-8-14(21)9-26-17(12)13/h2,5,7-9,12H,3-4,6,10H2,1H3,(H2,25,27)/t12?,19-/m1/s1. The van der Waals surface area contributed by atoms with Gasteiger partial charge in [-0.15, -0.1) is 0 Å². The molecule has 0 spiro atoms. The number of aliphatic imine (C=N–C) groups is 1. The Morgan fingerprint density at radius 2 is 2.11 bits per heavy atom. The molecule has 2 aromatic rings. The van der Waals surface area contributed by atoms with Crippen LogP contribution in [0, 0.1) is 5.82 Å². The van der Waals surface area contributed by atoms with E-state index in [0.717, 1.165) is 29.7 Å². The van der Waals surface area contributed by atoms with E-state index in [4.69, 9.17) is 17.3 Å². The molecule has 1 unspecified atom stereocenters. The van der Waals surface area contributed by atoms with E-state index in [9.17, 15) is 13.2 Å². The number of hydrogen-bond donors (Lipinski definition) is 1. The minimum absolute atomic E-state index is 0.127. The number of aryl methyl sites for hydroxylation is 1. The van der Waals surface area contributed by atoms with Gasteiger partial charge in [0.05, 0.1) is 5.02 Å². The molecule has 1 aromatic heterocycles. The van der Waals surface area contributed by atoms with Crippen LogP contribution in [0.3, 0.4) is 0 Å². The van der Waals surface area contributed by atoms with Gasteiger partial charge in [-0.3, -0.25) is 4.98 Å². The summed E-state index contributed by atoms with van der Waals surface area (Å²) in [6.07, 6.45) is 3.90. The summed E-state index contributed by atoms with van der Waals surface area (Å²) in [5, 5.41) is 0.591. The molecule has 8 heteroatoms. The van der Waals surface area contributed by atoms with Crippen molar-refractivity contribution in [3.05, 3.63) is 63.7 Å². The monoisotopic (exact) mass is 409 g/mol. The first kappa shape index (κ1) is 19.1. The molecule has 0 saturated carbocycles. The first-order valence-electron chi connectivity index (χ1n) is 8.99. The lowest BCUT2D eigenvalue weighted by atomic mass is 9.83. The van der Waals surface area contributed by atoms with E-state index in [1.165, 1.54) is 19.1 Å². The van der Waals surface area contributed by atoms with E-state index in [1.807, 2.05) is 6.07 Å². The van der Waals surface area contributed by atoms with Gasteiger partial charge in [0.15, 0.2) is 12.1 Å². The Labute approximate surface area is 165 Å². The van der Waals surface area contributed by atoms with Crippen LogP contribution in [0.2, 0.25) is 5.02 Å². The molecule has 0 fully saturated rings. The van der Waals surface area contributed by atoms with Gasteiger partial charge in [-0.1, -0.05) is 23.7 Å². The van der Waals surface area contributed by atoms with Crippen LogP contribution < -0.4 is 5.73 Å². The summed E-state index contributed by atoms with van der Waals surface area (Å²) < 4.78 is 48.4. The number of ether oxygens (including phenoxy) is 1. The van der Waals surface area contributed by atoms with Crippen molar-refractivity contribution in [3.63, 3.8) is 0 Å². The molecule has 1 aromatic carbocycles. The van der Waals surface area contributed by atoms with Crippen LogP contribution in [0.25, 0.3) is 0 Å². The zero-order chi connectivity index (χ0) is 20.1. The number of fused-ring (bicyclic) bond motifs is 1. The van der Waals surface area contributed by atoms with Crippen molar-refractivity contribution in [2.75, 3.05) is 6.61 Å². The number of hydrogen-bond acceptors (Lipinski definition) is 4. The second-order valence-electron chi connectivity index (χ2n) is 7.47. The molecule has 2 atom stereocenters. The second kappa shape index (κ2) is 6.65. The first-order valence-corrected chi connectivity index (χ1v) is 9.36. The molecule has 0 bridgehead atoms. The molecular formula is C20H19ClF3N3O. The van der Waals surface area contributed by atoms with Crippen molar-refractivity contribution in [3.8, 4) is 0 Å². The van der Waals surface area contributed by atoms with Gasteiger partial charge < -0.3 is 10.5 Å². The minimum Gasteiger partial charge on any atom is -0.459 e. The van der Waals surface area contributed by atoms with Crippen LogP contribution in [0.5, 0.6) is 0 Å². The average Bonchev–Trinajstić information content (AvgIpc) is 3.02. The number of nitrogens with two attached hydrogens (primary N) is 1. The molecule has 28 heavy (non-hydrogen) atoms. The molecule has 148 valence electrons. The van der Waals surface area contributed by atoms with Crippen molar-refractivity contribution in [1.29, 1.82) is 0 Å². The third-order valence-corrected chi connectivity index (χ3v) is 5.81. The summed E-state index contributed by atoms with van der Waals surface area (Å²) in [6.45, 7) is 0.238. The highest BCUT2D eigenvalue weighted by molar-refractivity contribution is 6.30. The first-order chi connectivity index (χ1) is 13.2. The molecule has 0 amide bonds. The predicted octanol–water partition coefficient (Wildman–Crippen LogP) is 4.34. The summed E-state index contributed by atoms with van der Waals surface area (Å²) in [5.41, 5.74) is 5.98. The fourth-order valence-electron chi connectivity index (χ4n) is 3.98. The summed E-state index contributed by atoms with van der Waals surface area (Å²) in [5.74, 6) is -4.02. The smallest absolute Gasteiger partial charge is 0.310 e. The topological polar surface area (TPSA) is 60.5 Å².